The van der Waals surface area contributed by atoms with Crippen molar-refractivity contribution in [3.8, 4) is 0 Å². The van der Waals surface area contributed by atoms with Crippen LogP contribution < -0.4 is 10.9 Å². The second kappa shape index (κ2) is 7.40. The highest BCUT2D eigenvalue weighted by Crippen LogP contribution is 2.20. The van der Waals surface area contributed by atoms with Gasteiger partial charge in [0.25, 0.3) is 5.56 Å². The summed E-state index contributed by atoms with van der Waals surface area (Å²) in [5, 5.41) is 8.16. The van der Waals surface area contributed by atoms with Gasteiger partial charge in [-0.3, -0.25) is 4.79 Å². The summed E-state index contributed by atoms with van der Waals surface area (Å²) in [6, 6.07) is 2.59. The average Bonchev–Trinajstić information content (AvgIpc) is 2.97. The number of nitrogens with one attached hydrogen (secondary N) is 1. The van der Waals surface area contributed by atoms with Crippen molar-refractivity contribution in [1.29, 1.82) is 0 Å². The molecule has 22 heavy (non-hydrogen) atoms. The van der Waals surface area contributed by atoms with Crippen LogP contribution in [0.25, 0.3) is 0 Å². The lowest BCUT2D eigenvalue weighted by molar-refractivity contribution is 0.472. The first-order valence-electron chi connectivity index (χ1n) is 8.76. The minimum absolute atomic E-state index is 0.0379. The van der Waals surface area contributed by atoms with E-state index in [1.807, 2.05) is 6.07 Å². The molecule has 124 valence electrons. The third kappa shape index (κ3) is 4.42. The lowest BCUT2D eigenvalue weighted by Gasteiger charge is -2.21. The molecule has 0 aromatic carbocycles. The summed E-state index contributed by atoms with van der Waals surface area (Å²) in [5.41, 5.74) is 1.91. The lowest BCUT2D eigenvalue weighted by Crippen LogP contribution is -2.34. The quantitative estimate of drug-likeness (QED) is 0.876. The number of hydrogen-bond acceptors (Lipinski definition) is 3. The molecule has 1 heterocycles. The third-order valence-corrected chi connectivity index (χ3v) is 4.48. The maximum absolute atomic E-state index is 12.6. The number of nitrogens with zero attached hydrogens (tertiary/aromatic N) is 2. The number of aromatic nitrogens is 2. The molecule has 0 unspecified atom stereocenters. The number of rotatable bonds is 6. The van der Waals surface area contributed by atoms with Crippen LogP contribution in [-0.2, 0) is 18.5 Å². The minimum atomic E-state index is -0.0379. The first-order valence-corrected chi connectivity index (χ1v) is 8.76. The first kappa shape index (κ1) is 17.2. The van der Waals surface area contributed by atoms with Gasteiger partial charge in [-0.25, -0.2) is 4.68 Å². The highest BCUT2D eigenvalue weighted by Gasteiger charge is 2.20. The highest BCUT2D eigenvalue weighted by atomic mass is 16.1. The van der Waals surface area contributed by atoms with Crippen LogP contribution in [0.2, 0.25) is 0 Å². The molecule has 1 aromatic heterocycles. The van der Waals surface area contributed by atoms with E-state index in [-0.39, 0.29) is 11.0 Å². The van der Waals surface area contributed by atoms with E-state index < -0.39 is 0 Å². The van der Waals surface area contributed by atoms with Gasteiger partial charge in [-0.05, 0) is 25.3 Å². The first-order chi connectivity index (χ1) is 10.4. The minimum Gasteiger partial charge on any atom is -0.310 e. The molecule has 1 saturated carbocycles. The van der Waals surface area contributed by atoms with Gasteiger partial charge in [0.05, 0.1) is 5.69 Å². The molecule has 0 amide bonds. The molecule has 4 nitrogen and oxygen atoms in total. The van der Waals surface area contributed by atoms with Crippen molar-refractivity contribution in [3.05, 3.63) is 27.7 Å². The molecule has 1 aliphatic carbocycles. The molecule has 0 aliphatic heterocycles. The van der Waals surface area contributed by atoms with Gasteiger partial charge in [0.15, 0.2) is 0 Å². The fourth-order valence-corrected chi connectivity index (χ4v) is 2.93. The zero-order chi connectivity index (χ0) is 16.2. The molecule has 0 spiro atoms. The molecule has 1 aromatic rings. The molecular formula is C18H31N3O. The summed E-state index contributed by atoms with van der Waals surface area (Å²) in [7, 11) is 0. The Bertz CT molecular complexity index is 536. The van der Waals surface area contributed by atoms with Crippen LogP contribution in [0.15, 0.2) is 10.9 Å². The van der Waals surface area contributed by atoms with Gasteiger partial charge in [-0.2, -0.15) is 5.10 Å². The Morgan fingerprint density at radius 1 is 1.32 bits per heavy atom. The molecule has 0 radical (unpaired) electrons. The summed E-state index contributed by atoms with van der Waals surface area (Å²) in [4.78, 5) is 12.6. The van der Waals surface area contributed by atoms with E-state index in [9.17, 15) is 4.79 Å². The van der Waals surface area contributed by atoms with Crippen molar-refractivity contribution in [2.45, 2.75) is 90.8 Å². The Morgan fingerprint density at radius 2 is 2.00 bits per heavy atom. The molecule has 1 N–H and O–H groups in total. The van der Waals surface area contributed by atoms with E-state index in [0.29, 0.717) is 12.6 Å². The second-order valence-electron chi connectivity index (χ2n) is 7.55. The van der Waals surface area contributed by atoms with Gasteiger partial charge in [0, 0.05) is 30.1 Å². The largest absolute Gasteiger partial charge is 0.310 e. The SMILES string of the molecule is CCCCn1nc(C(C)(C)C)cc(CNC2CCCC2)c1=O. The second-order valence-corrected chi connectivity index (χ2v) is 7.55. The molecule has 2 rings (SSSR count). The van der Waals surface area contributed by atoms with Crippen molar-refractivity contribution in [2.75, 3.05) is 0 Å². The Kier molecular flexibility index (Phi) is 5.79. The van der Waals surface area contributed by atoms with E-state index in [1.165, 1.54) is 25.7 Å². The predicted molar refractivity (Wildman–Crippen MR) is 91.2 cm³/mol. The summed E-state index contributed by atoms with van der Waals surface area (Å²) in [6.07, 6.45) is 7.16. The van der Waals surface area contributed by atoms with Crippen molar-refractivity contribution < 1.29 is 0 Å². The number of aryl methyl sites for hydroxylation is 1. The van der Waals surface area contributed by atoms with Crippen LogP contribution in [-0.4, -0.2) is 15.8 Å². The van der Waals surface area contributed by atoms with Crippen LogP contribution in [0.3, 0.4) is 0 Å². The van der Waals surface area contributed by atoms with Gasteiger partial charge < -0.3 is 5.32 Å². The number of unbranched alkanes of at least 4 members (excludes halogenated alkanes) is 1. The van der Waals surface area contributed by atoms with E-state index in [4.69, 9.17) is 0 Å². The van der Waals surface area contributed by atoms with Gasteiger partial charge in [0.2, 0.25) is 0 Å². The highest BCUT2D eigenvalue weighted by molar-refractivity contribution is 5.19. The fourth-order valence-electron chi connectivity index (χ4n) is 2.93. The van der Waals surface area contributed by atoms with Crippen LogP contribution in [0.1, 0.15) is 77.5 Å². The van der Waals surface area contributed by atoms with E-state index >= 15 is 0 Å². The normalized spacial score (nSPS) is 16.4. The lowest BCUT2D eigenvalue weighted by atomic mass is 9.91. The molecular weight excluding hydrogens is 274 g/mol. The summed E-state index contributed by atoms with van der Waals surface area (Å²) in [6.45, 7) is 9.98. The maximum atomic E-state index is 12.6. The Labute approximate surface area is 134 Å². The molecule has 0 saturated heterocycles. The molecule has 4 heteroatoms. The summed E-state index contributed by atoms with van der Waals surface area (Å²) < 4.78 is 1.68. The molecule has 0 atom stereocenters. The zero-order valence-electron chi connectivity index (χ0n) is 14.6. The van der Waals surface area contributed by atoms with Crippen LogP contribution in [0.4, 0.5) is 0 Å². The predicted octanol–water partition coefficient (Wildman–Crippen LogP) is 3.37. The third-order valence-electron chi connectivity index (χ3n) is 4.48. The van der Waals surface area contributed by atoms with Crippen molar-refractivity contribution in [2.24, 2.45) is 0 Å². The molecule has 1 fully saturated rings. The van der Waals surface area contributed by atoms with Gasteiger partial charge in [0.1, 0.15) is 0 Å². The van der Waals surface area contributed by atoms with Gasteiger partial charge in [-0.15, -0.1) is 0 Å². The standard InChI is InChI=1S/C18H31N3O/c1-5-6-11-21-17(22)14(12-16(20-21)18(2,3)4)13-19-15-9-7-8-10-15/h12,15,19H,5-11,13H2,1-4H3. The summed E-state index contributed by atoms with van der Waals surface area (Å²) >= 11 is 0. The van der Waals surface area contributed by atoms with Crippen LogP contribution in [0, 0.1) is 0 Å². The van der Waals surface area contributed by atoms with Gasteiger partial charge >= 0.3 is 0 Å². The maximum Gasteiger partial charge on any atom is 0.271 e. The Morgan fingerprint density at radius 3 is 2.59 bits per heavy atom. The van der Waals surface area contributed by atoms with E-state index in [1.54, 1.807) is 4.68 Å². The Hall–Kier alpha value is -1.16. The van der Waals surface area contributed by atoms with Crippen molar-refractivity contribution in [1.82, 2.24) is 15.1 Å². The molecule has 0 bridgehead atoms. The average molecular weight is 305 g/mol. The molecule has 1 aliphatic rings. The van der Waals surface area contributed by atoms with Gasteiger partial charge in [-0.1, -0.05) is 47.0 Å². The topological polar surface area (TPSA) is 46.9 Å². The zero-order valence-corrected chi connectivity index (χ0v) is 14.6. The summed E-state index contributed by atoms with van der Waals surface area (Å²) in [5.74, 6) is 0. The van der Waals surface area contributed by atoms with E-state index in [0.717, 1.165) is 30.6 Å². The van der Waals surface area contributed by atoms with Crippen molar-refractivity contribution in [3.63, 3.8) is 0 Å². The smallest absolute Gasteiger partial charge is 0.271 e. The fraction of sp³-hybridized carbons (Fsp3) is 0.778. The van der Waals surface area contributed by atoms with Crippen LogP contribution >= 0.6 is 0 Å². The van der Waals surface area contributed by atoms with Crippen LogP contribution in [0.5, 0.6) is 0 Å². The monoisotopic (exact) mass is 305 g/mol. The number of hydrogen-bond donors (Lipinski definition) is 1. The van der Waals surface area contributed by atoms with E-state index in [2.05, 4.69) is 38.1 Å². The van der Waals surface area contributed by atoms with Crippen molar-refractivity contribution >= 4 is 0 Å². The Balaban J connectivity index is 2.23.